The predicted molar refractivity (Wildman–Crippen MR) is 111 cm³/mol. The number of nitrogens with zero attached hydrogens (tertiary/aromatic N) is 6. The molecule has 0 bridgehead atoms. The molecule has 1 saturated heterocycles. The summed E-state index contributed by atoms with van der Waals surface area (Å²) in [5, 5.41) is 4.99. The van der Waals surface area contributed by atoms with Gasteiger partial charge in [-0.2, -0.15) is 5.10 Å². The van der Waals surface area contributed by atoms with Crippen LogP contribution in [0.15, 0.2) is 47.5 Å². The van der Waals surface area contributed by atoms with Crippen LogP contribution in [0.4, 0.5) is 5.95 Å². The molecule has 0 aliphatic carbocycles. The van der Waals surface area contributed by atoms with Crippen molar-refractivity contribution in [2.24, 2.45) is 0 Å². The Morgan fingerprint density at radius 2 is 1.93 bits per heavy atom. The summed E-state index contributed by atoms with van der Waals surface area (Å²) in [5.41, 5.74) is 2.12. The van der Waals surface area contributed by atoms with Crippen molar-refractivity contribution < 1.29 is 9.21 Å². The zero-order chi connectivity index (χ0) is 20.7. The molecule has 0 radical (unpaired) electrons. The third kappa shape index (κ3) is 3.16. The molecule has 1 fully saturated rings. The second-order valence-electron chi connectivity index (χ2n) is 8.53. The Bertz CT molecular complexity index is 1020. The van der Waals surface area contributed by atoms with Crippen LogP contribution in [0.5, 0.6) is 0 Å². The lowest BCUT2D eigenvalue weighted by molar-refractivity contribution is 0.0612. The van der Waals surface area contributed by atoms with Crippen molar-refractivity contribution in [1.82, 2.24) is 24.6 Å². The molecule has 3 aromatic rings. The van der Waals surface area contributed by atoms with E-state index in [-0.39, 0.29) is 17.4 Å². The predicted octanol–water partition coefficient (Wildman–Crippen LogP) is 3.04. The van der Waals surface area contributed by atoms with Gasteiger partial charge in [0.05, 0.1) is 12.0 Å². The lowest BCUT2D eigenvalue weighted by atomic mass is 9.72. The van der Waals surface area contributed by atoms with Crippen molar-refractivity contribution in [3.8, 4) is 0 Å². The van der Waals surface area contributed by atoms with Crippen LogP contribution in [0.3, 0.4) is 0 Å². The van der Waals surface area contributed by atoms with Gasteiger partial charge in [0, 0.05) is 61.8 Å². The first kappa shape index (κ1) is 18.8. The van der Waals surface area contributed by atoms with Gasteiger partial charge >= 0.3 is 0 Å². The monoisotopic (exact) mass is 406 g/mol. The Morgan fingerprint density at radius 3 is 2.60 bits per heavy atom. The fraction of sp³-hybridized carbons (Fsp3) is 0.455. The summed E-state index contributed by atoms with van der Waals surface area (Å²) < 4.78 is 7.42. The molecule has 0 unspecified atom stereocenters. The average molecular weight is 406 g/mol. The quantitative estimate of drug-likeness (QED) is 0.665. The Balaban J connectivity index is 1.46. The Kier molecular flexibility index (Phi) is 4.56. The number of hydrogen-bond donors (Lipinski definition) is 0. The van der Waals surface area contributed by atoms with Gasteiger partial charge in [0.15, 0.2) is 5.76 Å². The maximum Gasteiger partial charge on any atom is 0.289 e. The summed E-state index contributed by atoms with van der Waals surface area (Å²) in [5.74, 6) is 1.09. The van der Waals surface area contributed by atoms with E-state index in [0.29, 0.717) is 18.8 Å². The number of hydrogen-bond acceptors (Lipinski definition) is 6. The van der Waals surface area contributed by atoms with E-state index in [9.17, 15) is 4.79 Å². The van der Waals surface area contributed by atoms with Crippen molar-refractivity contribution >= 4 is 11.9 Å². The van der Waals surface area contributed by atoms with Gasteiger partial charge in [-0.05, 0) is 44.9 Å². The topological polar surface area (TPSA) is 80.3 Å². The molecule has 1 spiro atoms. The summed E-state index contributed by atoms with van der Waals surface area (Å²) in [6.45, 7) is 7.15. The van der Waals surface area contributed by atoms with Crippen molar-refractivity contribution in [3.63, 3.8) is 0 Å². The third-order valence-electron chi connectivity index (χ3n) is 6.27. The van der Waals surface area contributed by atoms with Crippen LogP contribution in [0.1, 0.15) is 54.5 Å². The molecular formula is C22H26N6O2. The third-order valence-corrected chi connectivity index (χ3v) is 6.27. The fourth-order valence-electron chi connectivity index (χ4n) is 4.64. The lowest BCUT2D eigenvalue weighted by Gasteiger charge is -2.46. The van der Waals surface area contributed by atoms with Crippen molar-refractivity contribution in [1.29, 1.82) is 0 Å². The summed E-state index contributed by atoms with van der Waals surface area (Å²) in [6, 6.07) is 5.60. The molecule has 156 valence electrons. The number of fused-ring (bicyclic) bond motifs is 2. The normalized spacial score (nSPS) is 18.1. The van der Waals surface area contributed by atoms with E-state index in [1.54, 1.807) is 30.8 Å². The van der Waals surface area contributed by atoms with E-state index in [1.807, 2.05) is 15.6 Å². The maximum atomic E-state index is 13.1. The van der Waals surface area contributed by atoms with Crippen LogP contribution in [0.2, 0.25) is 0 Å². The highest BCUT2D eigenvalue weighted by Crippen LogP contribution is 2.42. The summed E-state index contributed by atoms with van der Waals surface area (Å²) >= 11 is 0. The van der Waals surface area contributed by atoms with Crippen LogP contribution in [-0.4, -0.2) is 50.2 Å². The number of carbonyl (C=O) groups is 1. The number of amides is 1. The Labute approximate surface area is 175 Å². The van der Waals surface area contributed by atoms with Gasteiger partial charge in [-0.3, -0.25) is 9.48 Å². The van der Waals surface area contributed by atoms with Crippen LogP contribution in [-0.2, 0) is 12.0 Å². The van der Waals surface area contributed by atoms with Crippen molar-refractivity contribution in [2.75, 3.05) is 24.5 Å². The van der Waals surface area contributed by atoms with Gasteiger partial charge in [0.2, 0.25) is 5.95 Å². The minimum atomic E-state index is -0.165. The van der Waals surface area contributed by atoms with Crippen LogP contribution in [0.25, 0.3) is 0 Å². The molecule has 0 aromatic carbocycles. The Morgan fingerprint density at radius 1 is 1.17 bits per heavy atom. The molecule has 3 aromatic heterocycles. The van der Waals surface area contributed by atoms with Crippen LogP contribution in [0, 0.1) is 0 Å². The van der Waals surface area contributed by atoms with Gasteiger partial charge in [-0.15, -0.1) is 0 Å². The zero-order valence-corrected chi connectivity index (χ0v) is 17.4. The SMILES string of the molecule is CC(C)n1cc2c(n1)C1(CCN(c3ncccn3)CC1)CN(C(=O)c1ccco1)C2. The molecule has 2 aliphatic rings. The smallest absolute Gasteiger partial charge is 0.289 e. The van der Waals surface area contributed by atoms with Gasteiger partial charge in [0.25, 0.3) is 5.91 Å². The van der Waals surface area contributed by atoms with Crippen LogP contribution >= 0.6 is 0 Å². The van der Waals surface area contributed by atoms with Gasteiger partial charge in [-0.1, -0.05) is 0 Å². The second kappa shape index (κ2) is 7.27. The van der Waals surface area contributed by atoms with E-state index in [0.717, 1.165) is 43.1 Å². The first-order valence-corrected chi connectivity index (χ1v) is 10.5. The average Bonchev–Trinajstić information content (AvgIpc) is 3.45. The minimum absolute atomic E-state index is 0.0591. The number of rotatable bonds is 3. The zero-order valence-electron chi connectivity index (χ0n) is 17.4. The highest BCUT2D eigenvalue weighted by molar-refractivity contribution is 5.91. The van der Waals surface area contributed by atoms with E-state index < -0.39 is 0 Å². The highest BCUT2D eigenvalue weighted by Gasteiger charge is 2.46. The maximum absolute atomic E-state index is 13.1. The first-order chi connectivity index (χ1) is 14.6. The lowest BCUT2D eigenvalue weighted by Crippen LogP contribution is -2.53. The molecule has 8 nitrogen and oxygen atoms in total. The molecule has 0 N–H and O–H groups in total. The van der Waals surface area contributed by atoms with E-state index in [1.165, 1.54) is 0 Å². The van der Waals surface area contributed by atoms with Gasteiger partial charge in [0.1, 0.15) is 0 Å². The summed E-state index contributed by atoms with van der Waals surface area (Å²) in [6.07, 6.45) is 9.01. The molecule has 0 atom stereocenters. The second-order valence-corrected chi connectivity index (χ2v) is 8.53. The number of aromatic nitrogens is 4. The number of piperidine rings is 1. The van der Waals surface area contributed by atoms with Crippen LogP contribution < -0.4 is 4.90 Å². The first-order valence-electron chi connectivity index (χ1n) is 10.5. The van der Waals surface area contributed by atoms with E-state index in [2.05, 4.69) is 34.9 Å². The molecule has 5 rings (SSSR count). The number of furan rings is 1. The van der Waals surface area contributed by atoms with E-state index in [4.69, 9.17) is 9.52 Å². The van der Waals surface area contributed by atoms with E-state index >= 15 is 0 Å². The molecule has 2 aliphatic heterocycles. The molecule has 0 saturated carbocycles. The molecule has 1 amide bonds. The standard InChI is InChI=1S/C22H26N6O2/c1-16(2)28-14-17-13-27(20(29)18-5-3-12-30-18)15-22(19(17)25-28)6-10-26(11-7-22)21-23-8-4-9-24-21/h3-5,8-9,12,14,16H,6-7,10-11,13,15H2,1-2H3. The van der Waals surface area contributed by atoms with Crippen molar-refractivity contribution in [2.45, 2.75) is 44.7 Å². The molecule has 30 heavy (non-hydrogen) atoms. The van der Waals surface area contributed by atoms with Gasteiger partial charge in [-0.25, -0.2) is 9.97 Å². The molecule has 5 heterocycles. The molecule has 8 heteroatoms. The van der Waals surface area contributed by atoms with Crippen molar-refractivity contribution in [3.05, 3.63) is 60.1 Å². The fourth-order valence-corrected chi connectivity index (χ4v) is 4.64. The highest BCUT2D eigenvalue weighted by atomic mass is 16.3. The minimum Gasteiger partial charge on any atom is -0.459 e. The number of carbonyl (C=O) groups excluding carboxylic acids is 1. The Hall–Kier alpha value is -3.16. The number of anilines is 1. The van der Waals surface area contributed by atoms with Gasteiger partial charge < -0.3 is 14.2 Å². The largest absolute Gasteiger partial charge is 0.459 e. The summed E-state index contributed by atoms with van der Waals surface area (Å²) in [4.78, 5) is 26.0. The molecular weight excluding hydrogens is 380 g/mol. The summed E-state index contributed by atoms with van der Waals surface area (Å²) in [7, 11) is 0.